The predicted molar refractivity (Wildman–Crippen MR) is 108 cm³/mol. The Morgan fingerprint density at radius 1 is 1.04 bits per heavy atom. The van der Waals surface area contributed by atoms with E-state index in [-0.39, 0.29) is 17.2 Å². The Balaban J connectivity index is 2.01. The van der Waals surface area contributed by atoms with Crippen molar-refractivity contribution in [3.05, 3.63) is 50.9 Å². The number of hydrogen-bond donors (Lipinski definition) is 3. The number of benzene rings is 2. The minimum Gasteiger partial charge on any atom is -0.506 e. The van der Waals surface area contributed by atoms with E-state index in [1.165, 1.54) is 19.9 Å². The van der Waals surface area contributed by atoms with E-state index in [9.17, 15) is 19.5 Å². The summed E-state index contributed by atoms with van der Waals surface area (Å²) >= 11 is 6.35. The Bertz CT molecular complexity index is 884. The molecule has 2 aromatic rings. The van der Waals surface area contributed by atoms with Crippen LogP contribution in [-0.4, -0.2) is 29.0 Å². The summed E-state index contributed by atoms with van der Waals surface area (Å²) < 4.78 is 6.01. The van der Waals surface area contributed by atoms with Crippen LogP contribution in [0.2, 0.25) is 0 Å². The summed E-state index contributed by atoms with van der Waals surface area (Å²) in [6.07, 6.45) is -1.09. The fourth-order valence-corrected chi connectivity index (χ4v) is 3.31. The molecule has 2 amide bonds. The number of esters is 1. The van der Waals surface area contributed by atoms with E-state index in [1.54, 1.807) is 30.3 Å². The predicted octanol–water partition coefficient (Wildman–Crippen LogP) is 4.06. The van der Waals surface area contributed by atoms with Crippen molar-refractivity contribution < 1.29 is 24.2 Å². The standard InChI is InChI=1S/C18H16Br2N2O5/c1-9(27-18(26)14-7-11(19)8-15(20)16(14)24)17(25)22-13-5-3-12(4-6-13)21-10(2)23/h3-9,24H,1-2H3,(H,21,23)(H,22,25). The highest BCUT2D eigenvalue weighted by Crippen LogP contribution is 2.32. The second-order valence-electron chi connectivity index (χ2n) is 5.58. The molecule has 27 heavy (non-hydrogen) atoms. The van der Waals surface area contributed by atoms with Gasteiger partial charge in [-0.2, -0.15) is 0 Å². The quantitative estimate of drug-likeness (QED) is 0.538. The van der Waals surface area contributed by atoms with Gasteiger partial charge in [-0.1, -0.05) is 15.9 Å². The molecular formula is C18H16Br2N2O5. The number of carbonyl (C=O) groups is 3. The monoisotopic (exact) mass is 498 g/mol. The fraction of sp³-hybridized carbons (Fsp3) is 0.167. The van der Waals surface area contributed by atoms with E-state index in [0.29, 0.717) is 20.3 Å². The van der Waals surface area contributed by atoms with Gasteiger partial charge in [-0.3, -0.25) is 9.59 Å². The van der Waals surface area contributed by atoms with Gasteiger partial charge in [0.05, 0.1) is 4.47 Å². The number of halogens is 2. The number of amides is 2. The average Bonchev–Trinajstić information content (AvgIpc) is 2.59. The van der Waals surface area contributed by atoms with Gasteiger partial charge < -0.3 is 20.5 Å². The number of rotatable bonds is 5. The second kappa shape index (κ2) is 9.01. The van der Waals surface area contributed by atoms with Gasteiger partial charge in [0, 0.05) is 22.8 Å². The van der Waals surface area contributed by atoms with Crippen LogP contribution < -0.4 is 10.6 Å². The van der Waals surface area contributed by atoms with E-state index in [1.807, 2.05) is 0 Å². The van der Waals surface area contributed by atoms with E-state index in [4.69, 9.17) is 4.74 Å². The number of hydrogen-bond acceptors (Lipinski definition) is 5. The first kappa shape index (κ1) is 20.9. The minimum absolute atomic E-state index is 0.0736. The molecule has 2 rings (SSSR count). The lowest BCUT2D eigenvalue weighted by molar-refractivity contribution is -0.123. The molecule has 0 heterocycles. The third kappa shape index (κ3) is 5.80. The highest BCUT2D eigenvalue weighted by molar-refractivity contribution is 9.11. The van der Waals surface area contributed by atoms with Crippen molar-refractivity contribution in [3.63, 3.8) is 0 Å². The van der Waals surface area contributed by atoms with Gasteiger partial charge in [-0.15, -0.1) is 0 Å². The molecule has 0 saturated heterocycles. The first-order chi connectivity index (χ1) is 12.7. The van der Waals surface area contributed by atoms with Crippen LogP contribution in [0.25, 0.3) is 0 Å². The first-order valence-electron chi connectivity index (χ1n) is 7.75. The maximum atomic E-state index is 12.2. The molecule has 2 aromatic carbocycles. The number of phenols is 1. The van der Waals surface area contributed by atoms with Gasteiger partial charge >= 0.3 is 5.97 Å². The van der Waals surface area contributed by atoms with E-state index >= 15 is 0 Å². The zero-order chi connectivity index (χ0) is 20.1. The molecule has 0 saturated carbocycles. The Kier molecular flexibility index (Phi) is 6.98. The maximum Gasteiger partial charge on any atom is 0.342 e. The topological polar surface area (TPSA) is 105 Å². The summed E-state index contributed by atoms with van der Waals surface area (Å²) in [5.41, 5.74) is 0.997. The molecule has 0 aliphatic heterocycles. The smallest absolute Gasteiger partial charge is 0.342 e. The lowest BCUT2D eigenvalue weighted by Crippen LogP contribution is -2.30. The SMILES string of the molecule is CC(=O)Nc1ccc(NC(=O)C(C)OC(=O)c2cc(Br)cc(Br)c2O)cc1. The van der Waals surface area contributed by atoms with E-state index < -0.39 is 18.0 Å². The van der Waals surface area contributed by atoms with Crippen molar-refractivity contribution >= 4 is 61.0 Å². The lowest BCUT2D eigenvalue weighted by Gasteiger charge is -2.15. The van der Waals surface area contributed by atoms with Gasteiger partial charge in [0.15, 0.2) is 6.10 Å². The zero-order valence-electron chi connectivity index (χ0n) is 14.4. The number of aromatic hydroxyl groups is 1. The Morgan fingerprint density at radius 2 is 1.59 bits per heavy atom. The van der Waals surface area contributed by atoms with Crippen LogP contribution in [0.5, 0.6) is 5.75 Å². The second-order valence-corrected chi connectivity index (χ2v) is 7.35. The minimum atomic E-state index is -1.09. The van der Waals surface area contributed by atoms with Crippen LogP contribution in [0.1, 0.15) is 24.2 Å². The van der Waals surface area contributed by atoms with Crippen molar-refractivity contribution in [2.75, 3.05) is 10.6 Å². The lowest BCUT2D eigenvalue weighted by atomic mass is 10.2. The number of anilines is 2. The Morgan fingerprint density at radius 3 is 2.15 bits per heavy atom. The van der Waals surface area contributed by atoms with E-state index in [2.05, 4.69) is 42.5 Å². The van der Waals surface area contributed by atoms with Crippen LogP contribution in [0.3, 0.4) is 0 Å². The zero-order valence-corrected chi connectivity index (χ0v) is 17.5. The average molecular weight is 500 g/mol. The number of carbonyl (C=O) groups excluding carboxylic acids is 3. The largest absolute Gasteiger partial charge is 0.506 e. The summed E-state index contributed by atoms with van der Waals surface area (Å²) in [4.78, 5) is 35.5. The molecule has 142 valence electrons. The van der Waals surface area contributed by atoms with Crippen molar-refractivity contribution in [1.29, 1.82) is 0 Å². The van der Waals surface area contributed by atoms with Crippen LogP contribution in [0, 0.1) is 0 Å². The number of nitrogens with one attached hydrogen (secondary N) is 2. The Hall–Kier alpha value is -2.39. The van der Waals surface area contributed by atoms with Crippen LogP contribution >= 0.6 is 31.9 Å². The molecule has 0 bridgehead atoms. The summed E-state index contributed by atoms with van der Waals surface area (Å²) in [6.45, 7) is 2.82. The van der Waals surface area contributed by atoms with Gasteiger partial charge in [-0.05, 0) is 59.3 Å². The number of phenolic OH excluding ortho intramolecular Hbond substituents is 1. The molecule has 9 heteroatoms. The molecule has 0 aromatic heterocycles. The van der Waals surface area contributed by atoms with Crippen molar-refractivity contribution in [1.82, 2.24) is 0 Å². The third-order valence-electron chi connectivity index (χ3n) is 3.37. The van der Waals surface area contributed by atoms with Crippen molar-refractivity contribution in [3.8, 4) is 5.75 Å². The molecule has 0 fully saturated rings. The molecule has 0 aliphatic rings. The molecule has 0 radical (unpaired) electrons. The van der Waals surface area contributed by atoms with Gasteiger partial charge in [0.1, 0.15) is 11.3 Å². The van der Waals surface area contributed by atoms with Gasteiger partial charge in [0.25, 0.3) is 5.91 Å². The molecule has 0 aliphatic carbocycles. The number of ether oxygens (including phenoxy) is 1. The molecule has 0 spiro atoms. The molecule has 1 atom stereocenters. The highest BCUT2D eigenvalue weighted by Gasteiger charge is 2.22. The van der Waals surface area contributed by atoms with Gasteiger partial charge in [-0.25, -0.2) is 4.79 Å². The first-order valence-corrected chi connectivity index (χ1v) is 9.33. The molecule has 7 nitrogen and oxygen atoms in total. The normalized spacial score (nSPS) is 11.4. The van der Waals surface area contributed by atoms with Crippen LogP contribution in [0.4, 0.5) is 11.4 Å². The van der Waals surface area contributed by atoms with E-state index in [0.717, 1.165) is 0 Å². The third-order valence-corrected chi connectivity index (χ3v) is 4.44. The summed E-state index contributed by atoms with van der Waals surface area (Å²) in [7, 11) is 0. The summed E-state index contributed by atoms with van der Waals surface area (Å²) in [5.74, 6) is -1.85. The highest BCUT2D eigenvalue weighted by atomic mass is 79.9. The van der Waals surface area contributed by atoms with Crippen LogP contribution in [0.15, 0.2) is 45.3 Å². The molecule has 3 N–H and O–H groups in total. The summed E-state index contributed by atoms with van der Waals surface area (Å²) in [6, 6.07) is 9.44. The van der Waals surface area contributed by atoms with Crippen LogP contribution in [-0.2, 0) is 14.3 Å². The van der Waals surface area contributed by atoms with Crippen molar-refractivity contribution in [2.24, 2.45) is 0 Å². The fourth-order valence-electron chi connectivity index (χ4n) is 2.08. The molecular weight excluding hydrogens is 484 g/mol. The summed E-state index contributed by atoms with van der Waals surface area (Å²) in [5, 5.41) is 15.2. The maximum absolute atomic E-state index is 12.2. The van der Waals surface area contributed by atoms with Gasteiger partial charge in [0.2, 0.25) is 5.91 Å². The van der Waals surface area contributed by atoms with Crippen molar-refractivity contribution in [2.45, 2.75) is 20.0 Å². The Labute approximate surface area is 172 Å². The molecule has 1 unspecified atom stereocenters.